The van der Waals surface area contributed by atoms with Crippen LogP contribution in [0.2, 0.25) is 10.2 Å². The SMILES string of the molecule is Cn1cnc(S(=O)(=O)Nc2cc3c(cc2Cl)OCCCO3)c1Cl. The van der Waals surface area contributed by atoms with E-state index in [0.29, 0.717) is 24.7 Å². The van der Waals surface area contributed by atoms with Crippen molar-refractivity contribution in [3.63, 3.8) is 0 Å². The van der Waals surface area contributed by atoms with Crippen molar-refractivity contribution in [1.29, 1.82) is 0 Å². The largest absolute Gasteiger partial charge is 0.490 e. The number of nitrogens with zero attached hydrogens (tertiary/aromatic N) is 2. The molecule has 1 N–H and O–H groups in total. The number of rotatable bonds is 3. The number of imidazole rings is 1. The van der Waals surface area contributed by atoms with E-state index < -0.39 is 10.0 Å². The first-order valence-corrected chi connectivity index (χ1v) is 8.91. The van der Waals surface area contributed by atoms with Crippen LogP contribution in [0.1, 0.15) is 6.42 Å². The third kappa shape index (κ3) is 3.19. The predicted molar refractivity (Wildman–Crippen MR) is 86.1 cm³/mol. The molecule has 7 nitrogen and oxygen atoms in total. The average molecular weight is 378 g/mol. The molecule has 1 aromatic heterocycles. The van der Waals surface area contributed by atoms with Crippen LogP contribution in [0, 0.1) is 0 Å². The lowest BCUT2D eigenvalue weighted by molar-refractivity contribution is 0.297. The second-order valence-corrected chi connectivity index (χ2v) is 7.25. The fourth-order valence-corrected chi connectivity index (χ4v) is 3.79. The van der Waals surface area contributed by atoms with Gasteiger partial charge in [0.25, 0.3) is 10.0 Å². The van der Waals surface area contributed by atoms with Crippen LogP contribution >= 0.6 is 23.2 Å². The van der Waals surface area contributed by atoms with E-state index in [1.807, 2.05) is 0 Å². The molecule has 1 aliphatic heterocycles. The van der Waals surface area contributed by atoms with Gasteiger partial charge >= 0.3 is 0 Å². The van der Waals surface area contributed by atoms with Gasteiger partial charge in [-0.1, -0.05) is 23.2 Å². The molecule has 0 atom stereocenters. The average Bonchev–Trinajstić information content (AvgIpc) is 2.70. The van der Waals surface area contributed by atoms with Crippen molar-refractivity contribution in [3.8, 4) is 11.5 Å². The van der Waals surface area contributed by atoms with Gasteiger partial charge in [-0.15, -0.1) is 0 Å². The molecule has 0 saturated heterocycles. The topological polar surface area (TPSA) is 82.5 Å². The first kappa shape index (κ1) is 16.2. The summed E-state index contributed by atoms with van der Waals surface area (Å²) < 4.78 is 39.6. The third-order valence-electron chi connectivity index (χ3n) is 3.17. The van der Waals surface area contributed by atoms with E-state index in [9.17, 15) is 8.42 Å². The molecule has 3 rings (SSSR count). The Labute approximate surface area is 143 Å². The van der Waals surface area contributed by atoms with Gasteiger partial charge in [-0.2, -0.15) is 8.42 Å². The Morgan fingerprint density at radius 2 is 1.87 bits per heavy atom. The molecule has 0 amide bonds. The highest BCUT2D eigenvalue weighted by Crippen LogP contribution is 2.38. The molecule has 0 bridgehead atoms. The number of hydrogen-bond acceptors (Lipinski definition) is 5. The fraction of sp³-hybridized carbons (Fsp3) is 0.308. The summed E-state index contributed by atoms with van der Waals surface area (Å²) in [5, 5.41) is -0.0855. The number of sulfonamides is 1. The minimum absolute atomic E-state index is 0.00275. The number of anilines is 1. The molecule has 2 heterocycles. The van der Waals surface area contributed by atoms with Crippen LogP contribution in [0.5, 0.6) is 11.5 Å². The van der Waals surface area contributed by atoms with Crippen LogP contribution in [0.4, 0.5) is 5.69 Å². The van der Waals surface area contributed by atoms with Crippen molar-refractivity contribution in [1.82, 2.24) is 9.55 Å². The molecular weight excluding hydrogens is 365 g/mol. The van der Waals surface area contributed by atoms with Crippen molar-refractivity contribution in [2.24, 2.45) is 7.05 Å². The number of aryl methyl sites for hydroxylation is 1. The zero-order valence-electron chi connectivity index (χ0n) is 12.0. The van der Waals surface area contributed by atoms with Crippen molar-refractivity contribution in [2.45, 2.75) is 11.4 Å². The second kappa shape index (κ2) is 6.10. The summed E-state index contributed by atoms with van der Waals surface area (Å²) in [7, 11) is -2.38. The Morgan fingerprint density at radius 1 is 1.22 bits per heavy atom. The van der Waals surface area contributed by atoms with Crippen molar-refractivity contribution >= 4 is 38.9 Å². The maximum atomic E-state index is 12.4. The minimum Gasteiger partial charge on any atom is -0.490 e. The van der Waals surface area contributed by atoms with Crippen LogP contribution in [0.25, 0.3) is 0 Å². The standard InChI is InChI=1S/C13H13Cl2N3O4S/c1-18-7-16-13(12(18)15)23(19,20)17-9-6-11-10(5-8(9)14)21-3-2-4-22-11/h5-7,17H,2-4H2,1H3. The summed E-state index contributed by atoms with van der Waals surface area (Å²) in [6.45, 7) is 0.991. The summed E-state index contributed by atoms with van der Waals surface area (Å²) in [5.41, 5.74) is 0.164. The Bertz CT molecular complexity index is 851. The molecule has 0 saturated carbocycles. The molecule has 10 heteroatoms. The van der Waals surface area contributed by atoms with E-state index in [1.165, 1.54) is 23.0 Å². The molecule has 1 aliphatic rings. The molecule has 0 aliphatic carbocycles. The first-order chi connectivity index (χ1) is 10.9. The highest BCUT2D eigenvalue weighted by molar-refractivity contribution is 7.92. The number of benzene rings is 1. The zero-order chi connectivity index (χ0) is 16.6. The van der Waals surface area contributed by atoms with Crippen LogP contribution in [-0.2, 0) is 17.1 Å². The Kier molecular flexibility index (Phi) is 4.31. The van der Waals surface area contributed by atoms with E-state index in [-0.39, 0.29) is 20.9 Å². The van der Waals surface area contributed by atoms with Crippen molar-refractivity contribution in [2.75, 3.05) is 17.9 Å². The van der Waals surface area contributed by atoms with E-state index in [4.69, 9.17) is 32.7 Å². The summed E-state index contributed by atoms with van der Waals surface area (Å²) in [6, 6.07) is 3.00. The highest BCUT2D eigenvalue weighted by atomic mass is 35.5. The van der Waals surface area contributed by atoms with Gasteiger partial charge in [0.15, 0.2) is 11.5 Å². The Balaban J connectivity index is 1.96. The maximum absolute atomic E-state index is 12.4. The number of halogens is 2. The van der Waals surface area contributed by atoms with E-state index in [2.05, 4.69) is 9.71 Å². The smallest absolute Gasteiger partial charge is 0.282 e. The van der Waals surface area contributed by atoms with Crippen molar-refractivity contribution < 1.29 is 17.9 Å². The van der Waals surface area contributed by atoms with Gasteiger partial charge in [0, 0.05) is 25.6 Å². The van der Waals surface area contributed by atoms with Crippen LogP contribution in [0.3, 0.4) is 0 Å². The quantitative estimate of drug-likeness (QED) is 0.888. The molecule has 124 valence electrons. The monoisotopic (exact) mass is 377 g/mol. The predicted octanol–water partition coefficient (Wildman–Crippen LogP) is 2.69. The normalized spacial score (nSPS) is 14.4. The number of aromatic nitrogens is 2. The van der Waals surface area contributed by atoms with Gasteiger partial charge < -0.3 is 14.0 Å². The molecule has 2 aromatic rings. The zero-order valence-corrected chi connectivity index (χ0v) is 14.4. The molecule has 0 spiro atoms. The third-order valence-corrected chi connectivity index (χ3v) is 5.34. The summed E-state index contributed by atoms with van der Waals surface area (Å²) in [4.78, 5) is 3.80. The molecule has 0 fully saturated rings. The fourth-order valence-electron chi connectivity index (χ4n) is 2.03. The first-order valence-electron chi connectivity index (χ1n) is 6.67. The van der Waals surface area contributed by atoms with Gasteiger partial charge in [0.1, 0.15) is 5.15 Å². The van der Waals surface area contributed by atoms with E-state index >= 15 is 0 Å². The lowest BCUT2D eigenvalue weighted by Crippen LogP contribution is -2.14. The van der Waals surface area contributed by atoms with Crippen molar-refractivity contribution in [3.05, 3.63) is 28.6 Å². The minimum atomic E-state index is -3.98. The van der Waals surface area contributed by atoms with Gasteiger partial charge in [0.05, 0.1) is 30.3 Å². The van der Waals surface area contributed by atoms with Gasteiger partial charge in [-0.05, 0) is 0 Å². The summed E-state index contributed by atoms with van der Waals surface area (Å²) >= 11 is 12.1. The number of hydrogen-bond donors (Lipinski definition) is 1. The van der Waals surface area contributed by atoms with Gasteiger partial charge in [-0.3, -0.25) is 4.72 Å². The van der Waals surface area contributed by atoms with E-state index in [1.54, 1.807) is 7.05 Å². The molecular formula is C13H13Cl2N3O4S. The van der Waals surface area contributed by atoms with Gasteiger partial charge in [0.2, 0.25) is 5.03 Å². The Morgan fingerprint density at radius 3 is 2.48 bits per heavy atom. The highest BCUT2D eigenvalue weighted by Gasteiger charge is 2.24. The lowest BCUT2D eigenvalue weighted by atomic mass is 10.3. The van der Waals surface area contributed by atoms with Crippen LogP contribution in [0.15, 0.2) is 23.5 Å². The summed E-state index contributed by atoms with van der Waals surface area (Å²) in [6.07, 6.45) is 2.05. The number of ether oxygens (including phenoxy) is 2. The molecule has 23 heavy (non-hydrogen) atoms. The van der Waals surface area contributed by atoms with Crippen LogP contribution < -0.4 is 14.2 Å². The molecule has 1 aromatic carbocycles. The number of nitrogens with one attached hydrogen (secondary N) is 1. The summed E-state index contributed by atoms with van der Waals surface area (Å²) in [5.74, 6) is 0.906. The second-order valence-electron chi connectivity index (χ2n) is 4.89. The molecule has 0 radical (unpaired) electrons. The van der Waals surface area contributed by atoms with Gasteiger partial charge in [-0.25, -0.2) is 4.98 Å². The van der Waals surface area contributed by atoms with Crippen LogP contribution in [-0.4, -0.2) is 31.2 Å². The number of fused-ring (bicyclic) bond motifs is 1. The Hall–Kier alpha value is -1.64. The molecule has 0 unspecified atom stereocenters. The lowest BCUT2D eigenvalue weighted by Gasteiger charge is -2.13. The maximum Gasteiger partial charge on any atom is 0.282 e. The van der Waals surface area contributed by atoms with E-state index in [0.717, 1.165) is 6.42 Å².